The molecule has 1 aliphatic rings. The van der Waals surface area contributed by atoms with Gasteiger partial charge >= 0.3 is 5.97 Å². The highest BCUT2D eigenvalue weighted by molar-refractivity contribution is 6.31. The summed E-state index contributed by atoms with van der Waals surface area (Å²) in [5.41, 5.74) is 1.17. The van der Waals surface area contributed by atoms with Crippen LogP contribution in [0.5, 0.6) is 11.5 Å². The number of hydrogen-bond acceptors (Lipinski definition) is 4. The Hall–Kier alpha value is -2.73. The number of ether oxygens (including phenoxy) is 1. The van der Waals surface area contributed by atoms with Crippen LogP contribution >= 0.6 is 11.6 Å². The molecule has 2 aromatic carbocycles. The number of halogens is 1. The Balaban J connectivity index is 2.00. The highest BCUT2D eigenvalue weighted by Gasteiger charge is 2.30. The number of benzene rings is 2. The third-order valence-corrected chi connectivity index (χ3v) is 3.92. The summed E-state index contributed by atoms with van der Waals surface area (Å²) in [4.78, 5) is 23.6. The van der Waals surface area contributed by atoms with Crippen LogP contribution in [0.15, 0.2) is 42.5 Å². The summed E-state index contributed by atoms with van der Waals surface area (Å²) in [5, 5.41) is 15.1. The minimum Gasteiger partial charge on any atom is -0.480 e. The van der Waals surface area contributed by atoms with E-state index in [4.69, 9.17) is 21.4 Å². The summed E-state index contributed by atoms with van der Waals surface area (Å²) in [6.45, 7) is 1.41. The normalized spacial score (nSPS) is 16.5. The molecule has 7 heteroatoms. The molecule has 1 heterocycles. The molecule has 3 rings (SSSR count). The van der Waals surface area contributed by atoms with Crippen LogP contribution < -0.4 is 15.4 Å². The number of carbonyl (C=O) groups excluding carboxylic acids is 1. The second-order valence-corrected chi connectivity index (χ2v) is 5.86. The zero-order valence-corrected chi connectivity index (χ0v) is 13.5. The van der Waals surface area contributed by atoms with Gasteiger partial charge in [-0.1, -0.05) is 29.8 Å². The molecule has 0 spiro atoms. The molecule has 2 atom stereocenters. The number of fused-ring (bicyclic) bond motifs is 2. The van der Waals surface area contributed by atoms with Crippen LogP contribution in [0.4, 0.5) is 5.69 Å². The predicted octanol–water partition coefficient (Wildman–Crippen LogP) is 3.19. The molecule has 0 saturated heterocycles. The second-order valence-electron chi connectivity index (χ2n) is 5.43. The molecular weight excluding hydrogens is 332 g/mol. The molecule has 0 bridgehead atoms. The number of amides is 1. The van der Waals surface area contributed by atoms with Crippen molar-refractivity contribution in [2.75, 3.05) is 5.32 Å². The van der Waals surface area contributed by atoms with E-state index in [0.29, 0.717) is 27.8 Å². The number of aliphatic carboxylic acids is 1. The molecule has 1 amide bonds. The van der Waals surface area contributed by atoms with E-state index in [1.165, 1.54) is 6.92 Å². The van der Waals surface area contributed by atoms with Crippen molar-refractivity contribution in [1.82, 2.24) is 5.32 Å². The number of rotatable bonds is 3. The van der Waals surface area contributed by atoms with Gasteiger partial charge in [-0.3, -0.25) is 9.59 Å². The molecule has 3 N–H and O–H groups in total. The lowest BCUT2D eigenvalue weighted by atomic mass is 10.0. The van der Waals surface area contributed by atoms with Gasteiger partial charge in [0, 0.05) is 10.6 Å². The molecule has 6 nitrogen and oxygen atoms in total. The highest BCUT2D eigenvalue weighted by atomic mass is 35.5. The minimum absolute atomic E-state index is 0.464. The zero-order chi connectivity index (χ0) is 17.3. The van der Waals surface area contributed by atoms with Gasteiger partial charge in [0.05, 0.1) is 5.69 Å². The van der Waals surface area contributed by atoms with Crippen molar-refractivity contribution in [2.45, 2.75) is 19.0 Å². The third kappa shape index (κ3) is 3.14. The van der Waals surface area contributed by atoms with Gasteiger partial charge in [0.1, 0.15) is 17.8 Å². The smallest absolute Gasteiger partial charge is 0.325 e. The van der Waals surface area contributed by atoms with Gasteiger partial charge in [-0.15, -0.1) is 0 Å². The quantitative estimate of drug-likeness (QED) is 0.794. The number of carbonyl (C=O) groups is 2. The van der Waals surface area contributed by atoms with Crippen LogP contribution in [0.3, 0.4) is 0 Å². The summed E-state index contributed by atoms with van der Waals surface area (Å²) >= 11 is 6.02. The number of carboxylic acids is 1. The molecule has 0 fully saturated rings. The lowest BCUT2D eigenvalue weighted by Crippen LogP contribution is -2.42. The monoisotopic (exact) mass is 346 g/mol. The van der Waals surface area contributed by atoms with E-state index in [9.17, 15) is 9.59 Å². The number of hydrogen-bond donors (Lipinski definition) is 3. The maximum Gasteiger partial charge on any atom is 0.325 e. The van der Waals surface area contributed by atoms with E-state index in [-0.39, 0.29) is 0 Å². The fourth-order valence-electron chi connectivity index (χ4n) is 2.43. The standard InChI is InChI=1S/C17H15ClN2O4/c1-9(17(22)23)19-16(21)15-11-4-2-3-5-13(11)24-14-7-6-10(18)8-12(14)20-15/h2-9,15,20H,1H3,(H,19,21)(H,22,23)/t9-,15?/m1/s1. The van der Waals surface area contributed by atoms with E-state index in [1.54, 1.807) is 42.5 Å². The number of nitrogens with one attached hydrogen (secondary N) is 2. The van der Waals surface area contributed by atoms with Crippen LogP contribution in [0.25, 0.3) is 0 Å². The Morgan fingerprint density at radius 3 is 2.75 bits per heavy atom. The van der Waals surface area contributed by atoms with Gasteiger partial charge < -0.3 is 20.5 Å². The maximum atomic E-state index is 12.6. The van der Waals surface area contributed by atoms with Crippen molar-refractivity contribution >= 4 is 29.2 Å². The average Bonchev–Trinajstić information content (AvgIpc) is 2.71. The van der Waals surface area contributed by atoms with E-state index in [2.05, 4.69) is 10.6 Å². The molecule has 1 aliphatic heterocycles. The van der Waals surface area contributed by atoms with Crippen LogP contribution in [-0.4, -0.2) is 23.0 Å². The van der Waals surface area contributed by atoms with Gasteiger partial charge in [0.15, 0.2) is 5.75 Å². The van der Waals surface area contributed by atoms with Gasteiger partial charge in [0.2, 0.25) is 5.91 Å². The molecular formula is C17H15ClN2O4. The molecule has 0 radical (unpaired) electrons. The molecule has 1 unspecified atom stereocenters. The summed E-state index contributed by atoms with van der Waals surface area (Å²) in [7, 11) is 0. The highest BCUT2D eigenvalue weighted by Crippen LogP contribution is 2.41. The van der Waals surface area contributed by atoms with Crippen molar-refractivity contribution in [3.05, 3.63) is 53.1 Å². The second kappa shape index (κ2) is 6.41. The summed E-state index contributed by atoms with van der Waals surface area (Å²) in [6.07, 6.45) is 0. The molecule has 124 valence electrons. The Morgan fingerprint density at radius 2 is 2.00 bits per heavy atom. The fraction of sp³-hybridized carbons (Fsp3) is 0.176. The maximum absolute atomic E-state index is 12.6. The van der Waals surface area contributed by atoms with Crippen LogP contribution in [0.2, 0.25) is 5.02 Å². The first-order valence-corrected chi connectivity index (χ1v) is 7.69. The van der Waals surface area contributed by atoms with E-state index >= 15 is 0 Å². The summed E-state index contributed by atoms with van der Waals surface area (Å²) in [6, 6.07) is 10.3. The Bertz CT molecular complexity index is 809. The fourth-order valence-corrected chi connectivity index (χ4v) is 2.61. The summed E-state index contributed by atoms with van der Waals surface area (Å²) < 4.78 is 5.87. The lowest BCUT2D eigenvalue weighted by Gasteiger charge is -2.20. The topological polar surface area (TPSA) is 87.7 Å². The van der Waals surface area contributed by atoms with Crippen molar-refractivity contribution in [2.24, 2.45) is 0 Å². The molecule has 2 aromatic rings. The minimum atomic E-state index is -1.11. The third-order valence-electron chi connectivity index (χ3n) is 3.68. The largest absolute Gasteiger partial charge is 0.480 e. The molecule has 24 heavy (non-hydrogen) atoms. The van der Waals surface area contributed by atoms with Gasteiger partial charge in [-0.2, -0.15) is 0 Å². The first-order valence-electron chi connectivity index (χ1n) is 7.32. The van der Waals surface area contributed by atoms with Crippen molar-refractivity contribution in [3.8, 4) is 11.5 Å². The Kier molecular flexibility index (Phi) is 4.31. The molecule has 0 saturated carbocycles. The van der Waals surface area contributed by atoms with Crippen LogP contribution in [0.1, 0.15) is 18.5 Å². The first-order chi connectivity index (χ1) is 11.5. The van der Waals surface area contributed by atoms with Crippen LogP contribution in [0, 0.1) is 0 Å². The first kappa shape index (κ1) is 16.1. The van der Waals surface area contributed by atoms with Gasteiger partial charge in [0.25, 0.3) is 0 Å². The van der Waals surface area contributed by atoms with Crippen molar-refractivity contribution < 1.29 is 19.4 Å². The van der Waals surface area contributed by atoms with Gasteiger partial charge in [-0.25, -0.2) is 0 Å². The van der Waals surface area contributed by atoms with Crippen LogP contribution in [-0.2, 0) is 9.59 Å². The Labute approximate surface area is 143 Å². The van der Waals surface area contributed by atoms with Gasteiger partial charge in [-0.05, 0) is 31.2 Å². The zero-order valence-electron chi connectivity index (χ0n) is 12.7. The summed E-state index contributed by atoms with van der Waals surface area (Å²) in [5.74, 6) is -0.513. The number of anilines is 1. The predicted molar refractivity (Wildman–Crippen MR) is 89.6 cm³/mol. The van der Waals surface area contributed by atoms with Crippen molar-refractivity contribution in [1.29, 1.82) is 0 Å². The number of carboxylic acid groups (broad SMARTS) is 1. The molecule has 0 aliphatic carbocycles. The number of para-hydroxylation sites is 1. The SMILES string of the molecule is C[C@@H](NC(=O)C1Nc2cc(Cl)ccc2Oc2ccccc21)C(=O)O. The van der Waals surface area contributed by atoms with Crippen molar-refractivity contribution in [3.63, 3.8) is 0 Å². The van der Waals surface area contributed by atoms with E-state index < -0.39 is 24.0 Å². The van der Waals surface area contributed by atoms with E-state index in [1.807, 2.05) is 0 Å². The molecule has 0 aromatic heterocycles. The average molecular weight is 347 g/mol. The van der Waals surface area contributed by atoms with E-state index in [0.717, 1.165) is 0 Å². The lowest BCUT2D eigenvalue weighted by molar-refractivity contribution is -0.141. The Morgan fingerprint density at radius 1 is 1.25 bits per heavy atom.